The minimum atomic E-state index is -0.601. The Bertz CT molecular complexity index is 1120. The third-order valence-electron chi connectivity index (χ3n) is 6.35. The molecule has 1 unspecified atom stereocenters. The summed E-state index contributed by atoms with van der Waals surface area (Å²) in [6, 6.07) is 5.44. The summed E-state index contributed by atoms with van der Waals surface area (Å²) in [4.78, 5) is 38.6. The van der Waals surface area contributed by atoms with Gasteiger partial charge in [0.15, 0.2) is 16.9 Å². The van der Waals surface area contributed by atoms with Crippen LogP contribution in [0.3, 0.4) is 0 Å². The molecule has 2 aliphatic heterocycles. The van der Waals surface area contributed by atoms with E-state index in [-0.39, 0.29) is 29.5 Å². The van der Waals surface area contributed by atoms with E-state index in [1.807, 2.05) is 21.6 Å². The van der Waals surface area contributed by atoms with E-state index in [0.29, 0.717) is 31.1 Å². The molecule has 1 saturated heterocycles. The number of nitrogens with zero attached hydrogens (tertiary/aromatic N) is 2. The van der Waals surface area contributed by atoms with Gasteiger partial charge in [-0.1, -0.05) is 6.92 Å². The highest BCUT2D eigenvalue weighted by molar-refractivity contribution is 5.89. The second-order valence-electron chi connectivity index (χ2n) is 8.32. The summed E-state index contributed by atoms with van der Waals surface area (Å²) in [5, 5.41) is 0. The van der Waals surface area contributed by atoms with E-state index in [1.54, 1.807) is 20.2 Å². The second-order valence-corrected chi connectivity index (χ2v) is 8.32. The summed E-state index contributed by atoms with van der Waals surface area (Å²) in [6.07, 6.45) is 4.69. The SMILES string of the molecule is CCOC(=O)c1cn2c(cc1=O)-c1cc(OC)c(OCCN3CCCC3=O)cc1CC2CC. The molecular weight excluding hydrogens is 424 g/mol. The lowest BCUT2D eigenvalue weighted by atomic mass is 9.90. The number of hydrogen-bond donors (Lipinski definition) is 0. The number of esters is 1. The van der Waals surface area contributed by atoms with Gasteiger partial charge in [-0.15, -0.1) is 0 Å². The summed E-state index contributed by atoms with van der Waals surface area (Å²) in [5.41, 5.74) is 2.36. The predicted octanol–water partition coefficient (Wildman–Crippen LogP) is 3.21. The van der Waals surface area contributed by atoms with Gasteiger partial charge in [-0.25, -0.2) is 4.79 Å². The first-order chi connectivity index (χ1) is 16.0. The number of pyridine rings is 1. The second kappa shape index (κ2) is 9.68. The van der Waals surface area contributed by atoms with Crippen molar-refractivity contribution < 1.29 is 23.8 Å². The molecule has 8 nitrogen and oxygen atoms in total. The molecule has 0 spiro atoms. The number of hydrogen-bond acceptors (Lipinski definition) is 6. The van der Waals surface area contributed by atoms with Gasteiger partial charge in [0.25, 0.3) is 0 Å². The van der Waals surface area contributed by atoms with E-state index < -0.39 is 5.97 Å². The van der Waals surface area contributed by atoms with Crippen LogP contribution >= 0.6 is 0 Å². The van der Waals surface area contributed by atoms with Crippen LogP contribution in [0.25, 0.3) is 11.3 Å². The Morgan fingerprint density at radius 2 is 1.97 bits per heavy atom. The fourth-order valence-electron chi connectivity index (χ4n) is 4.61. The van der Waals surface area contributed by atoms with Crippen LogP contribution in [0.15, 0.2) is 29.2 Å². The maximum absolute atomic E-state index is 12.7. The Balaban J connectivity index is 1.66. The van der Waals surface area contributed by atoms with Crippen molar-refractivity contribution in [1.29, 1.82) is 0 Å². The molecule has 0 radical (unpaired) electrons. The van der Waals surface area contributed by atoms with E-state index in [9.17, 15) is 14.4 Å². The molecule has 0 bridgehead atoms. The van der Waals surface area contributed by atoms with Crippen LogP contribution in [0, 0.1) is 0 Å². The fraction of sp³-hybridized carbons (Fsp3) is 0.480. The number of rotatable bonds is 8. The van der Waals surface area contributed by atoms with Gasteiger partial charge in [-0.05, 0) is 43.9 Å². The number of fused-ring (bicyclic) bond motifs is 3. The molecule has 33 heavy (non-hydrogen) atoms. The topological polar surface area (TPSA) is 87.1 Å². The zero-order valence-corrected chi connectivity index (χ0v) is 19.4. The maximum Gasteiger partial charge on any atom is 0.343 e. The van der Waals surface area contributed by atoms with Crippen LogP contribution in [-0.4, -0.2) is 54.8 Å². The quantitative estimate of drug-likeness (QED) is 0.570. The fourth-order valence-corrected chi connectivity index (χ4v) is 4.61. The first kappa shape index (κ1) is 22.9. The lowest BCUT2D eigenvalue weighted by Gasteiger charge is -2.31. The van der Waals surface area contributed by atoms with Crippen molar-refractivity contribution in [3.63, 3.8) is 0 Å². The van der Waals surface area contributed by atoms with E-state index in [2.05, 4.69) is 6.92 Å². The summed E-state index contributed by atoms with van der Waals surface area (Å²) >= 11 is 0. The number of likely N-dealkylation sites (tertiary alicyclic amines) is 1. The van der Waals surface area contributed by atoms with Gasteiger partial charge in [0.05, 0.1) is 26.0 Å². The molecule has 176 valence electrons. The molecule has 0 saturated carbocycles. The van der Waals surface area contributed by atoms with E-state index in [1.165, 1.54) is 6.07 Å². The standard InChI is InChI=1S/C25H30N2O6/c1-4-17-11-16-12-23(33-10-9-26-8-6-7-24(26)29)22(31-3)13-18(16)20-14-21(28)19(15-27(17)20)25(30)32-5-2/h12-15,17H,4-11H2,1-3H3. The van der Waals surface area contributed by atoms with Crippen LogP contribution in [-0.2, 0) is 16.0 Å². The van der Waals surface area contributed by atoms with Crippen LogP contribution in [0.1, 0.15) is 55.1 Å². The predicted molar refractivity (Wildman–Crippen MR) is 123 cm³/mol. The molecule has 3 heterocycles. The Kier molecular flexibility index (Phi) is 6.72. The lowest BCUT2D eigenvalue weighted by Crippen LogP contribution is -2.29. The van der Waals surface area contributed by atoms with Crippen LogP contribution < -0.4 is 14.9 Å². The highest BCUT2D eigenvalue weighted by atomic mass is 16.5. The van der Waals surface area contributed by atoms with Gasteiger partial charge in [0.1, 0.15) is 12.2 Å². The zero-order valence-electron chi connectivity index (χ0n) is 19.4. The zero-order chi connectivity index (χ0) is 23.5. The van der Waals surface area contributed by atoms with Crippen molar-refractivity contribution in [3.8, 4) is 22.8 Å². The van der Waals surface area contributed by atoms with E-state index in [4.69, 9.17) is 14.2 Å². The Morgan fingerprint density at radius 3 is 2.64 bits per heavy atom. The number of amides is 1. The number of carbonyl (C=O) groups excluding carboxylic acids is 2. The molecule has 1 amide bonds. The van der Waals surface area contributed by atoms with Gasteiger partial charge in [-0.3, -0.25) is 9.59 Å². The van der Waals surface area contributed by atoms with Crippen molar-refractivity contribution >= 4 is 11.9 Å². The molecule has 1 fully saturated rings. The minimum Gasteiger partial charge on any atom is -0.493 e. The molecule has 2 aromatic rings. The first-order valence-corrected chi connectivity index (χ1v) is 11.5. The lowest BCUT2D eigenvalue weighted by molar-refractivity contribution is -0.128. The number of carbonyl (C=O) groups is 2. The molecule has 4 rings (SSSR count). The molecule has 1 atom stereocenters. The number of benzene rings is 1. The van der Waals surface area contributed by atoms with Crippen molar-refractivity contribution in [2.75, 3.05) is 33.4 Å². The Morgan fingerprint density at radius 1 is 1.15 bits per heavy atom. The maximum atomic E-state index is 12.7. The largest absolute Gasteiger partial charge is 0.493 e. The average Bonchev–Trinajstić information content (AvgIpc) is 3.22. The van der Waals surface area contributed by atoms with E-state index >= 15 is 0 Å². The number of ether oxygens (including phenoxy) is 3. The summed E-state index contributed by atoms with van der Waals surface area (Å²) in [7, 11) is 1.58. The van der Waals surface area contributed by atoms with Crippen LogP contribution in [0.2, 0.25) is 0 Å². The highest BCUT2D eigenvalue weighted by Gasteiger charge is 2.27. The summed E-state index contributed by atoms with van der Waals surface area (Å²) < 4.78 is 18.6. The van der Waals surface area contributed by atoms with Gasteiger partial charge >= 0.3 is 5.97 Å². The average molecular weight is 455 g/mol. The summed E-state index contributed by atoms with van der Waals surface area (Å²) in [6.45, 7) is 5.72. The van der Waals surface area contributed by atoms with Gasteiger partial charge in [0, 0.05) is 36.8 Å². The summed E-state index contributed by atoms with van der Waals surface area (Å²) in [5.74, 6) is 0.754. The molecule has 2 aliphatic rings. The van der Waals surface area contributed by atoms with Crippen molar-refractivity contribution in [1.82, 2.24) is 9.47 Å². The van der Waals surface area contributed by atoms with Crippen molar-refractivity contribution in [2.24, 2.45) is 0 Å². The van der Waals surface area contributed by atoms with Crippen LogP contribution in [0.4, 0.5) is 0 Å². The first-order valence-electron chi connectivity index (χ1n) is 11.5. The smallest absolute Gasteiger partial charge is 0.343 e. The highest BCUT2D eigenvalue weighted by Crippen LogP contribution is 2.41. The monoisotopic (exact) mass is 454 g/mol. The minimum absolute atomic E-state index is 0.0471. The van der Waals surface area contributed by atoms with Gasteiger partial charge < -0.3 is 23.7 Å². The van der Waals surface area contributed by atoms with Crippen molar-refractivity contribution in [2.45, 2.75) is 45.6 Å². The third-order valence-corrected chi connectivity index (χ3v) is 6.35. The molecule has 0 N–H and O–H groups in total. The normalized spacial score (nSPS) is 16.9. The third kappa shape index (κ3) is 4.47. The Hall–Kier alpha value is -3.29. The Labute approximate surface area is 193 Å². The van der Waals surface area contributed by atoms with Gasteiger partial charge in [0.2, 0.25) is 5.91 Å². The number of methoxy groups -OCH3 is 1. The molecule has 1 aromatic heterocycles. The molecule has 1 aromatic carbocycles. The molecular formula is C25H30N2O6. The van der Waals surface area contributed by atoms with Crippen LogP contribution in [0.5, 0.6) is 11.5 Å². The van der Waals surface area contributed by atoms with E-state index in [0.717, 1.165) is 42.6 Å². The molecule has 0 aliphatic carbocycles. The van der Waals surface area contributed by atoms with Gasteiger partial charge in [-0.2, -0.15) is 0 Å². The molecule has 8 heteroatoms. The number of aromatic nitrogens is 1. The van der Waals surface area contributed by atoms with Crippen molar-refractivity contribution in [3.05, 3.63) is 45.7 Å².